The molecule has 1 aliphatic rings. The van der Waals surface area contributed by atoms with E-state index in [9.17, 15) is 20.0 Å². The van der Waals surface area contributed by atoms with E-state index in [1.165, 1.54) is 17.7 Å². The van der Waals surface area contributed by atoms with Gasteiger partial charge in [0.25, 0.3) is 5.69 Å². The molecule has 0 bridgehead atoms. The number of aromatic hydroxyl groups is 1. The first-order valence-electron chi connectivity index (χ1n) is 10.5. The van der Waals surface area contributed by atoms with Gasteiger partial charge in [0.1, 0.15) is 5.75 Å². The maximum absolute atomic E-state index is 12.3. The lowest BCUT2D eigenvalue weighted by Crippen LogP contribution is -2.36. The molecule has 1 heterocycles. The summed E-state index contributed by atoms with van der Waals surface area (Å²) >= 11 is 0. The summed E-state index contributed by atoms with van der Waals surface area (Å²) in [4.78, 5) is 25.1. The number of anilines is 1. The fourth-order valence-electron chi connectivity index (χ4n) is 3.86. The van der Waals surface area contributed by atoms with Crippen molar-refractivity contribution in [1.29, 1.82) is 0 Å². The minimum Gasteiger partial charge on any atom is -0.508 e. The molecule has 0 unspecified atom stereocenters. The molecule has 1 saturated heterocycles. The Hall–Kier alpha value is -2.93. The van der Waals surface area contributed by atoms with Crippen molar-refractivity contribution in [3.05, 3.63) is 63.7 Å². The number of nitrogens with one attached hydrogen (secondary N) is 1. The number of nitrogens with zero attached hydrogens (tertiary/aromatic N) is 2. The molecule has 3 rings (SSSR count). The second-order valence-electron chi connectivity index (χ2n) is 8.04. The first-order chi connectivity index (χ1) is 14.4. The molecule has 7 nitrogen and oxygen atoms in total. The molecular weight excluding hydrogens is 382 g/mol. The Morgan fingerprint density at radius 3 is 2.57 bits per heavy atom. The first-order valence-corrected chi connectivity index (χ1v) is 10.5. The van der Waals surface area contributed by atoms with Crippen LogP contribution in [0.15, 0.2) is 42.5 Å². The third kappa shape index (κ3) is 6.29. The minimum absolute atomic E-state index is 0.0229. The molecule has 0 spiro atoms. The number of carbonyl (C=O) groups excluding carboxylic acids is 1. The number of nitro benzene ring substituents is 1. The SMILES string of the molecule is Cc1ccc([N+](=O)[O-])cc1NC(=O)CCN1CCC(CCc2ccc(O)cc2)CC1. The number of benzene rings is 2. The number of phenols is 1. The molecule has 0 aliphatic carbocycles. The quantitative estimate of drug-likeness (QED) is 0.499. The molecule has 0 atom stereocenters. The van der Waals surface area contributed by atoms with Crippen molar-refractivity contribution in [2.24, 2.45) is 5.92 Å². The van der Waals surface area contributed by atoms with Crippen LogP contribution in [0.5, 0.6) is 5.75 Å². The number of nitro groups is 1. The predicted molar refractivity (Wildman–Crippen MR) is 117 cm³/mol. The van der Waals surface area contributed by atoms with E-state index in [1.807, 2.05) is 19.1 Å². The minimum atomic E-state index is -0.457. The Bertz CT molecular complexity index is 875. The lowest BCUT2D eigenvalue weighted by atomic mass is 9.90. The molecule has 1 fully saturated rings. The number of phenolic OH excluding ortho intramolecular Hbond substituents is 1. The van der Waals surface area contributed by atoms with Crippen molar-refractivity contribution in [2.75, 3.05) is 25.0 Å². The van der Waals surface area contributed by atoms with Crippen molar-refractivity contribution in [3.63, 3.8) is 0 Å². The van der Waals surface area contributed by atoms with Crippen LogP contribution in [0.25, 0.3) is 0 Å². The number of likely N-dealkylation sites (tertiary alicyclic amines) is 1. The van der Waals surface area contributed by atoms with E-state index in [0.717, 1.165) is 44.3 Å². The monoisotopic (exact) mass is 411 g/mol. The van der Waals surface area contributed by atoms with Crippen LogP contribution < -0.4 is 5.32 Å². The van der Waals surface area contributed by atoms with Gasteiger partial charge in [-0.25, -0.2) is 0 Å². The van der Waals surface area contributed by atoms with Gasteiger partial charge in [-0.2, -0.15) is 0 Å². The smallest absolute Gasteiger partial charge is 0.271 e. The van der Waals surface area contributed by atoms with E-state index in [4.69, 9.17) is 0 Å². The van der Waals surface area contributed by atoms with Gasteiger partial charge in [0.15, 0.2) is 0 Å². The van der Waals surface area contributed by atoms with Gasteiger partial charge in [-0.3, -0.25) is 14.9 Å². The van der Waals surface area contributed by atoms with Crippen molar-refractivity contribution < 1.29 is 14.8 Å². The molecule has 7 heteroatoms. The topological polar surface area (TPSA) is 95.7 Å². The second kappa shape index (κ2) is 10.2. The number of aryl methyl sites for hydroxylation is 2. The van der Waals surface area contributed by atoms with Crippen LogP contribution >= 0.6 is 0 Å². The maximum Gasteiger partial charge on any atom is 0.271 e. The number of rotatable bonds is 8. The molecule has 1 aliphatic heterocycles. The van der Waals surface area contributed by atoms with Crippen LogP contribution in [0, 0.1) is 23.0 Å². The predicted octanol–water partition coefficient (Wildman–Crippen LogP) is 4.28. The summed E-state index contributed by atoms with van der Waals surface area (Å²) in [6.07, 6.45) is 4.80. The molecule has 2 aromatic carbocycles. The Morgan fingerprint density at radius 2 is 1.90 bits per heavy atom. The summed E-state index contributed by atoms with van der Waals surface area (Å²) in [7, 11) is 0. The van der Waals surface area contributed by atoms with E-state index in [2.05, 4.69) is 10.2 Å². The molecule has 0 aromatic heterocycles. The molecule has 2 aromatic rings. The molecule has 0 radical (unpaired) electrons. The average molecular weight is 412 g/mol. The fourth-order valence-corrected chi connectivity index (χ4v) is 3.86. The van der Waals surface area contributed by atoms with E-state index in [-0.39, 0.29) is 11.6 Å². The van der Waals surface area contributed by atoms with Crippen LogP contribution in [0.2, 0.25) is 0 Å². The number of carbonyl (C=O) groups is 1. The Balaban J connectivity index is 1.38. The van der Waals surface area contributed by atoms with Gasteiger partial charge in [-0.1, -0.05) is 18.2 Å². The number of piperidine rings is 1. The number of amides is 1. The fraction of sp³-hybridized carbons (Fsp3) is 0.435. The van der Waals surface area contributed by atoms with E-state index in [1.54, 1.807) is 18.2 Å². The lowest BCUT2D eigenvalue weighted by molar-refractivity contribution is -0.384. The normalized spacial score (nSPS) is 15.1. The summed E-state index contributed by atoms with van der Waals surface area (Å²) in [6, 6.07) is 11.9. The summed E-state index contributed by atoms with van der Waals surface area (Å²) in [5, 5.41) is 23.1. The first kappa shape index (κ1) is 21.8. The van der Waals surface area contributed by atoms with Gasteiger partial charge in [0.2, 0.25) is 5.91 Å². The Labute approximate surface area is 176 Å². The van der Waals surface area contributed by atoms with E-state index < -0.39 is 4.92 Å². The van der Waals surface area contributed by atoms with Gasteiger partial charge in [-0.05, 0) is 74.9 Å². The lowest BCUT2D eigenvalue weighted by Gasteiger charge is -2.31. The highest BCUT2D eigenvalue weighted by Crippen LogP contribution is 2.24. The van der Waals surface area contributed by atoms with Gasteiger partial charge in [-0.15, -0.1) is 0 Å². The third-order valence-electron chi connectivity index (χ3n) is 5.85. The van der Waals surface area contributed by atoms with E-state index >= 15 is 0 Å². The van der Waals surface area contributed by atoms with Crippen LogP contribution in [0.4, 0.5) is 11.4 Å². The highest BCUT2D eigenvalue weighted by molar-refractivity contribution is 5.92. The van der Waals surface area contributed by atoms with E-state index in [0.29, 0.717) is 30.3 Å². The van der Waals surface area contributed by atoms with Crippen molar-refractivity contribution in [1.82, 2.24) is 4.90 Å². The molecule has 30 heavy (non-hydrogen) atoms. The average Bonchev–Trinajstić information content (AvgIpc) is 2.74. The summed E-state index contributed by atoms with van der Waals surface area (Å²) < 4.78 is 0. The van der Waals surface area contributed by atoms with Crippen molar-refractivity contribution in [3.8, 4) is 5.75 Å². The van der Waals surface area contributed by atoms with Gasteiger partial charge in [0, 0.05) is 25.1 Å². The third-order valence-corrected chi connectivity index (χ3v) is 5.85. The van der Waals surface area contributed by atoms with Crippen LogP contribution in [-0.2, 0) is 11.2 Å². The molecule has 2 N–H and O–H groups in total. The van der Waals surface area contributed by atoms with Crippen molar-refractivity contribution in [2.45, 2.75) is 39.0 Å². The number of non-ortho nitro benzene ring substituents is 1. The Kier molecular flexibility index (Phi) is 7.41. The molecular formula is C23H29N3O4. The highest BCUT2D eigenvalue weighted by atomic mass is 16.6. The molecule has 0 saturated carbocycles. The van der Waals surface area contributed by atoms with Crippen LogP contribution in [0.3, 0.4) is 0 Å². The summed E-state index contributed by atoms with van der Waals surface area (Å²) in [5.74, 6) is 0.876. The maximum atomic E-state index is 12.3. The molecule has 160 valence electrons. The number of hydrogen-bond donors (Lipinski definition) is 2. The highest BCUT2D eigenvalue weighted by Gasteiger charge is 2.20. The Morgan fingerprint density at radius 1 is 1.20 bits per heavy atom. The zero-order valence-corrected chi connectivity index (χ0v) is 17.3. The summed E-state index contributed by atoms with van der Waals surface area (Å²) in [5.41, 5.74) is 2.54. The standard InChI is InChI=1S/C23H29N3O4/c1-17-2-7-20(26(29)30)16-22(17)24-23(28)12-15-25-13-10-19(11-14-25)4-3-18-5-8-21(27)9-6-18/h2,5-9,16,19,27H,3-4,10-15H2,1H3,(H,24,28). The van der Waals surface area contributed by atoms with Crippen LogP contribution in [-0.4, -0.2) is 40.5 Å². The molecule has 1 amide bonds. The largest absolute Gasteiger partial charge is 0.508 e. The van der Waals surface area contributed by atoms with Gasteiger partial charge in [0.05, 0.1) is 10.6 Å². The zero-order valence-electron chi connectivity index (χ0n) is 17.3. The van der Waals surface area contributed by atoms with Crippen molar-refractivity contribution >= 4 is 17.3 Å². The van der Waals surface area contributed by atoms with Gasteiger partial charge >= 0.3 is 0 Å². The second-order valence-corrected chi connectivity index (χ2v) is 8.04. The van der Waals surface area contributed by atoms with Crippen LogP contribution in [0.1, 0.15) is 36.8 Å². The zero-order chi connectivity index (χ0) is 21.5. The van der Waals surface area contributed by atoms with Gasteiger partial charge < -0.3 is 15.3 Å². The summed E-state index contributed by atoms with van der Waals surface area (Å²) in [6.45, 7) is 4.50. The number of hydrogen-bond acceptors (Lipinski definition) is 5.